The Bertz CT molecular complexity index is 2740. The van der Waals surface area contributed by atoms with E-state index in [1.165, 1.54) is 4.90 Å². The van der Waals surface area contributed by atoms with Crippen LogP contribution in [0.15, 0.2) is 12.1 Å². The fraction of sp³-hybridized carbons (Fsp3) is 0.688. The minimum atomic E-state index is -1.09. The van der Waals surface area contributed by atoms with Gasteiger partial charge in [-0.25, -0.2) is 9.59 Å². The minimum Gasteiger partial charge on any atom is -0.477 e. The summed E-state index contributed by atoms with van der Waals surface area (Å²) in [5.41, 5.74) is -1.03. The highest BCUT2D eigenvalue weighted by atomic mass is 35.5. The number of halogens is 1. The van der Waals surface area contributed by atoms with E-state index >= 15 is 0 Å². The fourth-order valence-corrected chi connectivity index (χ4v) is 11.7. The van der Waals surface area contributed by atoms with Crippen LogP contribution in [-0.2, 0) is 43.0 Å². The van der Waals surface area contributed by atoms with Crippen LogP contribution in [0, 0.1) is 69.0 Å². The van der Waals surface area contributed by atoms with Crippen LogP contribution >= 0.6 is 34.3 Å². The normalized spacial score (nSPS) is 21.5. The number of thiophene rings is 2. The molecule has 0 bridgehead atoms. The third-order valence-corrected chi connectivity index (χ3v) is 17.0. The molecule has 0 unspecified atom stereocenters. The third-order valence-electron chi connectivity index (χ3n) is 14.8. The van der Waals surface area contributed by atoms with E-state index in [1.807, 2.05) is 41.5 Å². The van der Waals surface area contributed by atoms with E-state index in [0.29, 0.717) is 58.9 Å². The van der Waals surface area contributed by atoms with E-state index in [9.17, 15) is 43.5 Å². The first-order valence-electron chi connectivity index (χ1n) is 29.4. The monoisotopic (exact) mass is 1210 g/mol. The smallest absolute Gasteiger partial charge is 0.353 e. The second-order valence-corrected chi connectivity index (χ2v) is 29.2. The molecule has 2 saturated heterocycles. The maximum absolute atomic E-state index is 14.3. The molecule has 83 heavy (non-hydrogen) atoms. The number of nitrogens with zero attached hydrogens (tertiary/aromatic N) is 4. The fourth-order valence-electron chi connectivity index (χ4n) is 9.84. The number of amides is 4. The Labute approximate surface area is 507 Å². The quantitative estimate of drug-likeness (QED) is 0.0968. The Hall–Kier alpha value is -5.43. The van der Waals surface area contributed by atoms with Gasteiger partial charge in [-0.15, -0.1) is 22.7 Å². The van der Waals surface area contributed by atoms with Gasteiger partial charge < -0.3 is 29.1 Å². The molecular weight excluding hydrogens is 1120 g/mol. The molecular formula is C64H93ClN4O12S2. The molecule has 4 fully saturated rings. The van der Waals surface area contributed by atoms with Crippen molar-refractivity contribution in [3.05, 3.63) is 31.6 Å². The van der Waals surface area contributed by atoms with Crippen molar-refractivity contribution < 1.29 is 57.7 Å². The molecule has 16 nitrogen and oxygen atoms in total. The van der Waals surface area contributed by atoms with Crippen LogP contribution in [-0.4, -0.2) is 115 Å². The molecule has 2 saturated carbocycles. The van der Waals surface area contributed by atoms with Gasteiger partial charge in [0, 0.05) is 49.9 Å². The molecule has 4 aliphatic rings. The number of aromatic carboxylic acids is 1. The van der Waals surface area contributed by atoms with Gasteiger partial charge in [-0.3, -0.25) is 38.6 Å². The molecule has 19 heteroatoms. The van der Waals surface area contributed by atoms with Crippen LogP contribution < -0.4 is 9.80 Å². The predicted octanol–water partition coefficient (Wildman–Crippen LogP) is 12.8. The summed E-state index contributed by atoms with van der Waals surface area (Å²) in [6, 6.07) is 1.98. The van der Waals surface area contributed by atoms with Crippen molar-refractivity contribution in [3.63, 3.8) is 0 Å². The summed E-state index contributed by atoms with van der Waals surface area (Å²) < 4.78 is 15.1. The summed E-state index contributed by atoms with van der Waals surface area (Å²) in [7, 11) is 3.52. The highest BCUT2D eigenvalue weighted by Gasteiger charge is 2.43. The molecule has 2 atom stereocenters. The lowest BCUT2D eigenvalue weighted by Gasteiger charge is -2.36. The van der Waals surface area contributed by atoms with Crippen LogP contribution in [0.2, 0.25) is 0 Å². The lowest BCUT2D eigenvalue weighted by molar-refractivity contribution is -0.161. The van der Waals surface area contributed by atoms with E-state index in [1.54, 1.807) is 82.5 Å². The maximum atomic E-state index is 14.3. The van der Waals surface area contributed by atoms with Crippen molar-refractivity contribution in [2.45, 2.75) is 199 Å². The molecule has 4 amide bonds. The van der Waals surface area contributed by atoms with Crippen LogP contribution in [0.5, 0.6) is 0 Å². The van der Waals surface area contributed by atoms with Gasteiger partial charge in [0.15, 0.2) is 6.07 Å². The van der Waals surface area contributed by atoms with E-state index in [2.05, 4.69) is 42.3 Å². The van der Waals surface area contributed by atoms with Gasteiger partial charge in [-0.2, -0.15) is 0 Å². The van der Waals surface area contributed by atoms with Crippen LogP contribution in [0.25, 0.3) is 0 Å². The van der Waals surface area contributed by atoms with E-state index in [-0.39, 0.29) is 68.1 Å². The Morgan fingerprint density at radius 2 is 0.952 bits per heavy atom. The molecule has 0 radical (unpaired) electrons. The van der Waals surface area contributed by atoms with Crippen LogP contribution in [0.1, 0.15) is 216 Å². The van der Waals surface area contributed by atoms with Gasteiger partial charge in [0.1, 0.15) is 21.8 Å². The Morgan fingerprint density at radius 3 is 1.30 bits per heavy atom. The van der Waals surface area contributed by atoms with Crippen molar-refractivity contribution in [3.8, 4) is 23.7 Å². The van der Waals surface area contributed by atoms with Crippen molar-refractivity contribution >= 4 is 93.2 Å². The molecule has 2 aromatic heterocycles. The largest absolute Gasteiger partial charge is 0.477 e. The average Bonchev–Trinajstić information content (AvgIpc) is 3.27. The topological polar surface area (TPSA) is 197 Å². The van der Waals surface area contributed by atoms with Crippen LogP contribution in [0.4, 0.5) is 11.4 Å². The number of carbonyl (C=O) groups excluding carboxylic acids is 7. The van der Waals surface area contributed by atoms with Gasteiger partial charge in [-0.1, -0.05) is 49.1 Å². The zero-order valence-corrected chi connectivity index (χ0v) is 54.7. The van der Waals surface area contributed by atoms with E-state index < -0.39 is 47.6 Å². The molecule has 0 aromatic carbocycles. The summed E-state index contributed by atoms with van der Waals surface area (Å²) in [4.78, 5) is 112. The zero-order chi connectivity index (χ0) is 62.4. The molecule has 4 heterocycles. The summed E-state index contributed by atoms with van der Waals surface area (Å²) in [5.74, 6) is 10.2. The van der Waals surface area contributed by atoms with Gasteiger partial charge in [-0.05, 0) is 197 Å². The summed E-state index contributed by atoms with van der Waals surface area (Å²) in [5, 5.41) is 9.98. The number of alkyl halides is 1. The molecule has 6 rings (SSSR count). The molecule has 1 N–H and O–H groups in total. The first-order valence-corrected chi connectivity index (χ1v) is 31.5. The summed E-state index contributed by atoms with van der Waals surface area (Å²) in [6.45, 7) is 27.6. The lowest BCUT2D eigenvalue weighted by Crippen LogP contribution is -2.52. The van der Waals surface area contributed by atoms with Crippen LogP contribution in [0.3, 0.4) is 0 Å². The number of carbonyl (C=O) groups is 8. The molecule has 2 aromatic rings. The number of hydrogen-bond donors (Lipinski definition) is 1. The molecule has 0 spiro atoms. The molecule has 2 aliphatic heterocycles. The number of likely N-dealkylation sites (N-methyl/N-ethyl adjacent to an activating group) is 2. The number of rotatable bonds is 11. The molecule has 2 aliphatic carbocycles. The Morgan fingerprint density at radius 1 is 0.578 bits per heavy atom. The highest BCUT2D eigenvalue weighted by molar-refractivity contribution is 7.15. The number of anilines is 2. The third kappa shape index (κ3) is 21.2. The standard InChI is InChI=1S/C32H46N2O6S.C26H36N2O4S.C6H11ClO2/c1-21-12-14-22(15-13-21)27(35)34(24-11-9-10-18-33(8)28(24)36)25-19-23(16-17-31(2,3)4)41-26(25)29(37)39-20-40-30(38)32(5,6)7;1-17-9-11-18(12-10-17)23(29)28(20-8-6-7-15-27(5)24(20)30)21-16-19(13-14-26(2,3)4)33-22(21)25(31)32;1-6(2,3)5(8)9-4-7/h19,21-22,24H,9-15,18,20H2,1-8H3;16-18,20H,6-12,15H2,1-5H3,(H,31,32);4H2,1-3H3/t21?,22?,24-;17?,18?,20-;/m00./s1. The molecule has 460 valence electrons. The lowest BCUT2D eigenvalue weighted by atomic mass is 9.82. The minimum absolute atomic E-state index is 0.0594. The van der Waals surface area contributed by atoms with Crippen molar-refractivity contribution in [2.75, 3.05) is 49.8 Å². The first-order chi connectivity index (χ1) is 38.5. The average molecular weight is 1210 g/mol. The van der Waals surface area contributed by atoms with Gasteiger partial charge in [0.05, 0.1) is 32.0 Å². The number of ether oxygens (including phenoxy) is 3. The number of esters is 3. The van der Waals surface area contributed by atoms with Crippen molar-refractivity contribution in [2.24, 2.45) is 45.3 Å². The Balaban J connectivity index is 0.000000315. The predicted molar refractivity (Wildman–Crippen MR) is 328 cm³/mol. The van der Waals surface area contributed by atoms with Gasteiger partial charge in [0.2, 0.25) is 30.4 Å². The SMILES string of the molecule is CC(C)(C)C(=O)OCCl.CC1CCC(C(=O)N(c2cc(C#CC(C)(C)C)sc2C(=O)O)[C@H]2CCCCN(C)C2=O)CC1.CC1CCC(C(=O)N(c2cc(C#CC(C)(C)C)sc2C(=O)OCOC(=O)C(C)(C)C)[C@H]2CCCCN(C)C2=O)CC1. The first kappa shape index (κ1) is 70.1. The number of carboxylic acids is 1. The zero-order valence-electron chi connectivity index (χ0n) is 52.3. The maximum Gasteiger partial charge on any atom is 0.353 e. The van der Waals surface area contributed by atoms with Gasteiger partial charge >= 0.3 is 23.9 Å². The highest BCUT2D eigenvalue weighted by Crippen LogP contribution is 2.40. The van der Waals surface area contributed by atoms with E-state index in [0.717, 1.165) is 99.7 Å². The second-order valence-electron chi connectivity index (χ2n) is 26.9. The summed E-state index contributed by atoms with van der Waals surface area (Å²) >= 11 is 7.37. The van der Waals surface area contributed by atoms with Crippen molar-refractivity contribution in [1.29, 1.82) is 0 Å². The summed E-state index contributed by atoms with van der Waals surface area (Å²) in [6.07, 6.45) is 11.3. The van der Waals surface area contributed by atoms with Gasteiger partial charge in [0.25, 0.3) is 0 Å². The second kappa shape index (κ2) is 30.6. The number of likely N-dealkylation sites (tertiary alicyclic amines) is 2. The number of hydrogen-bond acceptors (Lipinski definition) is 13. The number of carboxylic acid groups (broad SMARTS) is 1. The Kier molecular flexibility index (Phi) is 25.8. The van der Waals surface area contributed by atoms with E-state index in [4.69, 9.17) is 21.1 Å². The van der Waals surface area contributed by atoms with Crippen molar-refractivity contribution in [1.82, 2.24) is 9.80 Å².